The molecule has 19 heavy (non-hydrogen) atoms. The highest BCUT2D eigenvalue weighted by molar-refractivity contribution is 5.35. The quantitative estimate of drug-likeness (QED) is 0.912. The third-order valence-corrected chi connectivity index (χ3v) is 2.91. The molecule has 1 heterocycles. The number of benzene rings is 1. The van der Waals surface area contributed by atoms with E-state index < -0.39 is 0 Å². The summed E-state index contributed by atoms with van der Waals surface area (Å²) in [6.45, 7) is 6.96. The smallest absolute Gasteiger partial charge is 0.219 e. The van der Waals surface area contributed by atoms with Crippen molar-refractivity contribution in [2.75, 3.05) is 0 Å². The van der Waals surface area contributed by atoms with Gasteiger partial charge in [0, 0.05) is 12.6 Å². The zero-order valence-corrected chi connectivity index (χ0v) is 11.7. The Bertz CT molecular complexity index is 559. The molecule has 0 saturated heterocycles. The van der Waals surface area contributed by atoms with E-state index in [0.717, 1.165) is 11.4 Å². The van der Waals surface area contributed by atoms with E-state index in [9.17, 15) is 0 Å². The van der Waals surface area contributed by atoms with Crippen molar-refractivity contribution >= 4 is 0 Å². The SMILES string of the molecule is CC(C)(C)c1cccc(Oc2cccc(CN)n2)c1. The number of pyridine rings is 1. The first kappa shape index (κ1) is 13.6. The predicted octanol–water partition coefficient (Wildman–Crippen LogP) is 3.63. The van der Waals surface area contributed by atoms with Gasteiger partial charge in [0.25, 0.3) is 0 Å². The minimum Gasteiger partial charge on any atom is -0.439 e. The molecule has 0 saturated carbocycles. The Labute approximate surface area is 114 Å². The van der Waals surface area contributed by atoms with Crippen molar-refractivity contribution in [2.45, 2.75) is 32.7 Å². The minimum absolute atomic E-state index is 0.103. The minimum atomic E-state index is 0.103. The molecule has 1 aromatic heterocycles. The molecule has 1 aromatic carbocycles. The van der Waals surface area contributed by atoms with Crippen molar-refractivity contribution in [1.29, 1.82) is 0 Å². The second-order valence-electron chi connectivity index (χ2n) is 5.55. The molecular formula is C16H20N2O. The van der Waals surface area contributed by atoms with Gasteiger partial charge in [-0.25, -0.2) is 4.98 Å². The van der Waals surface area contributed by atoms with Crippen LogP contribution in [0.4, 0.5) is 0 Å². The summed E-state index contributed by atoms with van der Waals surface area (Å²) < 4.78 is 5.79. The lowest BCUT2D eigenvalue weighted by atomic mass is 9.87. The fourth-order valence-electron chi connectivity index (χ4n) is 1.77. The Morgan fingerprint density at radius 2 is 1.84 bits per heavy atom. The number of aromatic nitrogens is 1. The maximum atomic E-state index is 5.79. The third-order valence-electron chi connectivity index (χ3n) is 2.91. The van der Waals surface area contributed by atoms with E-state index in [4.69, 9.17) is 10.5 Å². The number of hydrogen-bond acceptors (Lipinski definition) is 3. The van der Waals surface area contributed by atoms with Crippen molar-refractivity contribution in [3.8, 4) is 11.6 Å². The second kappa shape index (κ2) is 5.41. The maximum Gasteiger partial charge on any atom is 0.219 e. The van der Waals surface area contributed by atoms with Crippen molar-refractivity contribution in [3.05, 3.63) is 53.7 Å². The number of hydrogen-bond donors (Lipinski definition) is 1. The van der Waals surface area contributed by atoms with Gasteiger partial charge in [-0.3, -0.25) is 0 Å². The Morgan fingerprint density at radius 1 is 1.11 bits per heavy atom. The van der Waals surface area contributed by atoms with Gasteiger partial charge in [-0.2, -0.15) is 0 Å². The number of nitrogens with two attached hydrogens (primary N) is 1. The van der Waals surface area contributed by atoms with Gasteiger partial charge in [-0.05, 0) is 29.2 Å². The fraction of sp³-hybridized carbons (Fsp3) is 0.312. The van der Waals surface area contributed by atoms with E-state index >= 15 is 0 Å². The standard InChI is InChI=1S/C16H20N2O/c1-16(2,3)12-6-4-8-14(10-12)19-15-9-5-7-13(11-17)18-15/h4-10H,11,17H2,1-3H3. The van der Waals surface area contributed by atoms with Crippen molar-refractivity contribution < 1.29 is 4.74 Å². The molecule has 3 nitrogen and oxygen atoms in total. The summed E-state index contributed by atoms with van der Waals surface area (Å²) in [6.07, 6.45) is 0. The highest BCUT2D eigenvalue weighted by atomic mass is 16.5. The Balaban J connectivity index is 2.23. The molecule has 100 valence electrons. The molecule has 0 radical (unpaired) electrons. The van der Waals surface area contributed by atoms with Gasteiger partial charge in [0.1, 0.15) is 5.75 Å². The third kappa shape index (κ3) is 3.55. The highest BCUT2D eigenvalue weighted by Crippen LogP contribution is 2.27. The average molecular weight is 256 g/mol. The van der Waals surface area contributed by atoms with E-state index in [1.807, 2.05) is 30.3 Å². The van der Waals surface area contributed by atoms with Crippen LogP contribution in [-0.2, 0) is 12.0 Å². The molecule has 0 bridgehead atoms. The second-order valence-corrected chi connectivity index (χ2v) is 5.55. The lowest BCUT2D eigenvalue weighted by molar-refractivity contribution is 0.457. The van der Waals surface area contributed by atoms with Gasteiger partial charge in [-0.1, -0.05) is 39.0 Å². The summed E-state index contributed by atoms with van der Waals surface area (Å²) >= 11 is 0. The van der Waals surface area contributed by atoms with Crippen LogP contribution in [0.2, 0.25) is 0 Å². The predicted molar refractivity (Wildman–Crippen MR) is 77.3 cm³/mol. The van der Waals surface area contributed by atoms with Gasteiger partial charge in [0.2, 0.25) is 5.88 Å². The highest BCUT2D eigenvalue weighted by Gasteiger charge is 2.14. The summed E-state index contributed by atoms with van der Waals surface area (Å²) in [5, 5.41) is 0. The van der Waals surface area contributed by atoms with Crippen LogP contribution in [0.1, 0.15) is 32.0 Å². The van der Waals surface area contributed by atoms with Gasteiger partial charge in [0.05, 0.1) is 5.69 Å². The largest absolute Gasteiger partial charge is 0.439 e. The van der Waals surface area contributed by atoms with E-state index in [1.54, 1.807) is 0 Å². The molecular weight excluding hydrogens is 236 g/mol. The van der Waals surface area contributed by atoms with Crippen LogP contribution in [-0.4, -0.2) is 4.98 Å². The van der Waals surface area contributed by atoms with Crippen LogP contribution >= 0.6 is 0 Å². The van der Waals surface area contributed by atoms with Crippen LogP contribution in [0.25, 0.3) is 0 Å². The molecule has 2 N–H and O–H groups in total. The molecule has 0 aliphatic heterocycles. The fourth-order valence-corrected chi connectivity index (χ4v) is 1.77. The lowest BCUT2D eigenvalue weighted by Crippen LogP contribution is -2.10. The van der Waals surface area contributed by atoms with Crippen molar-refractivity contribution in [3.63, 3.8) is 0 Å². The van der Waals surface area contributed by atoms with Gasteiger partial charge < -0.3 is 10.5 Å². The lowest BCUT2D eigenvalue weighted by Gasteiger charge is -2.19. The zero-order chi connectivity index (χ0) is 13.9. The van der Waals surface area contributed by atoms with Gasteiger partial charge in [-0.15, -0.1) is 0 Å². The topological polar surface area (TPSA) is 48.1 Å². The molecule has 0 aliphatic rings. The molecule has 2 aromatic rings. The summed E-state index contributed by atoms with van der Waals surface area (Å²) in [5.41, 5.74) is 7.74. The molecule has 0 atom stereocenters. The van der Waals surface area contributed by atoms with Gasteiger partial charge >= 0.3 is 0 Å². The molecule has 0 spiro atoms. The summed E-state index contributed by atoms with van der Waals surface area (Å²) in [4.78, 5) is 4.33. The Hall–Kier alpha value is -1.87. The van der Waals surface area contributed by atoms with E-state index in [0.29, 0.717) is 12.4 Å². The molecule has 0 amide bonds. The molecule has 0 unspecified atom stereocenters. The number of ether oxygens (including phenoxy) is 1. The summed E-state index contributed by atoms with van der Waals surface area (Å²) in [6, 6.07) is 13.7. The Kier molecular flexibility index (Phi) is 3.86. The first-order chi connectivity index (χ1) is 8.99. The monoisotopic (exact) mass is 256 g/mol. The number of rotatable bonds is 3. The van der Waals surface area contributed by atoms with Crippen molar-refractivity contribution in [2.24, 2.45) is 5.73 Å². The van der Waals surface area contributed by atoms with E-state index in [2.05, 4.69) is 37.9 Å². The summed E-state index contributed by atoms with van der Waals surface area (Å²) in [5.74, 6) is 1.38. The van der Waals surface area contributed by atoms with Crippen LogP contribution in [0.5, 0.6) is 11.6 Å². The van der Waals surface area contributed by atoms with Crippen LogP contribution < -0.4 is 10.5 Å². The van der Waals surface area contributed by atoms with E-state index in [-0.39, 0.29) is 5.41 Å². The zero-order valence-electron chi connectivity index (χ0n) is 11.7. The number of nitrogens with zero attached hydrogens (tertiary/aromatic N) is 1. The van der Waals surface area contributed by atoms with Crippen molar-refractivity contribution in [1.82, 2.24) is 4.98 Å². The molecule has 3 heteroatoms. The van der Waals surface area contributed by atoms with E-state index in [1.165, 1.54) is 5.56 Å². The average Bonchev–Trinajstić information content (AvgIpc) is 2.38. The van der Waals surface area contributed by atoms with Crippen LogP contribution in [0.15, 0.2) is 42.5 Å². The molecule has 0 fully saturated rings. The molecule has 2 rings (SSSR count). The van der Waals surface area contributed by atoms with Gasteiger partial charge in [0.15, 0.2) is 0 Å². The van der Waals surface area contributed by atoms with Crippen LogP contribution in [0, 0.1) is 0 Å². The first-order valence-corrected chi connectivity index (χ1v) is 6.43. The van der Waals surface area contributed by atoms with Crippen LogP contribution in [0.3, 0.4) is 0 Å². The molecule has 0 aliphatic carbocycles. The Morgan fingerprint density at radius 3 is 2.53 bits per heavy atom. The normalized spacial score (nSPS) is 11.4. The summed E-state index contributed by atoms with van der Waals surface area (Å²) in [7, 11) is 0. The first-order valence-electron chi connectivity index (χ1n) is 6.43. The maximum absolute atomic E-state index is 5.79.